The molecule has 0 amide bonds. The van der Waals surface area contributed by atoms with Crippen LogP contribution in [0.2, 0.25) is 0 Å². The molecule has 1 aliphatic heterocycles. The maximum absolute atomic E-state index is 14.5. The lowest BCUT2D eigenvalue weighted by atomic mass is 9.98. The number of nitrogens with zero attached hydrogens (tertiary/aromatic N) is 1. The molecule has 17 heavy (non-hydrogen) atoms. The molecule has 1 aromatic rings. The number of likely N-dealkylation sites (N-methyl/N-ethyl adjacent to an activating group) is 1. The molecule has 2 rings (SSSR count). The van der Waals surface area contributed by atoms with Gasteiger partial charge in [-0.05, 0) is 44.5 Å². The van der Waals surface area contributed by atoms with Crippen LogP contribution >= 0.6 is 0 Å². The minimum atomic E-state index is -0.902. The highest BCUT2D eigenvalue weighted by molar-refractivity contribution is 5.28. The van der Waals surface area contributed by atoms with Crippen LogP contribution in [0.5, 0.6) is 0 Å². The van der Waals surface area contributed by atoms with Crippen LogP contribution < -0.4 is 5.73 Å². The van der Waals surface area contributed by atoms with Gasteiger partial charge in [0.05, 0.1) is 0 Å². The lowest BCUT2D eigenvalue weighted by Crippen LogP contribution is -2.29. The van der Waals surface area contributed by atoms with Crippen molar-refractivity contribution >= 4 is 0 Å². The molecule has 2 nitrogen and oxygen atoms in total. The zero-order valence-electron chi connectivity index (χ0n) is 10.6. The number of rotatable bonds is 3. The summed E-state index contributed by atoms with van der Waals surface area (Å²) in [5.74, 6) is 0. The van der Waals surface area contributed by atoms with Crippen LogP contribution in [0.15, 0.2) is 24.3 Å². The third-order valence-corrected chi connectivity index (χ3v) is 3.67. The predicted molar refractivity (Wildman–Crippen MR) is 68.5 cm³/mol. The molecule has 0 aliphatic carbocycles. The molecule has 0 radical (unpaired) electrons. The summed E-state index contributed by atoms with van der Waals surface area (Å²) in [6, 6.07) is 7.61. The number of likely N-dealkylation sites (tertiary alicyclic amines) is 1. The van der Waals surface area contributed by atoms with E-state index in [0.717, 1.165) is 30.5 Å². The monoisotopic (exact) mass is 236 g/mol. The van der Waals surface area contributed by atoms with E-state index >= 15 is 0 Å². The van der Waals surface area contributed by atoms with Crippen LogP contribution in [0.1, 0.15) is 43.1 Å². The van der Waals surface area contributed by atoms with E-state index in [1.54, 1.807) is 0 Å². The molecule has 3 atom stereocenters. The minimum Gasteiger partial charge on any atom is -0.324 e. The number of alkyl halides is 1. The fraction of sp³-hybridized carbons (Fsp3) is 0.571. The van der Waals surface area contributed by atoms with E-state index in [1.807, 2.05) is 38.2 Å². The van der Waals surface area contributed by atoms with Gasteiger partial charge in [-0.1, -0.05) is 24.3 Å². The van der Waals surface area contributed by atoms with Crippen molar-refractivity contribution in [1.82, 2.24) is 4.90 Å². The highest BCUT2D eigenvalue weighted by Gasteiger charge is 2.30. The van der Waals surface area contributed by atoms with Gasteiger partial charge in [0.15, 0.2) is 0 Å². The molecule has 1 heterocycles. The Kier molecular flexibility index (Phi) is 3.79. The summed E-state index contributed by atoms with van der Waals surface area (Å²) in [4.78, 5) is 2.11. The molecule has 1 aromatic carbocycles. The third kappa shape index (κ3) is 2.67. The summed E-state index contributed by atoms with van der Waals surface area (Å²) in [5.41, 5.74) is 7.60. The Labute approximate surface area is 103 Å². The molecule has 2 N–H and O–H groups in total. The number of benzene rings is 1. The largest absolute Gasteiger partial charge is 0.324 e. The van der Waals surface area contributed by atoms with Gasteiger partial charge in [0.25, 0.3) is 0 Å². The predicted octanol–water partition coefficient (Wildman–Crippen LogP) is 2.81. The standard InChI is InChI=1S/C14H21FN2/c1-10(16)11-5-3-6-12(9-11)14(15)13-7-4-8-17(13)2/h3,5-6,9-10,13-14H,4,7-8,16H2,1-2H3. The van der Waals surface area contributed by atoms with E-state index in [1.165, 1.54) is 0 Å². The summed E-state index contributed by atoms with van der Waals surface area (Å²) >= 11 is 0. The Morgan fingerprint density at radius 1 is 1.41 bits per heavy atom. The van der Waals surface area contributed by atoms with Crippen LogP contribution in [-0.4, -0.2) is 24.5 Å². The molecule has 1 fully saturated rings. The molecule has 3 heteroatoms. The van der Waals surface area contributed by atoms with Crippen molar-refractivity contribution in [3.8, 4) is 0 Å². The van der Waals surface area contributed by atoms with Gasteiger partial charge < -0.3 is 10.6 Å². The molecule has 94 valence electrons. The van der Waals surface area contributed by atoms with Crippen molar-refractivity contribution in [2.24, 2.45) is 5.73 Å². The molecular weight excluding hydrogens is 215 g/mol. The topological polar surface area (TPSA) is 29.3 Å². The van der Waals surface area contributed by atoms with Gasteiger partial charge >= 0.3 is 0 Å². The van der Waals surface area contributed by atoms with E-state index in [0.29, 0.717) is 0 Å². The molecule has 0 aromatic heterocycles. The van der Waals surface area contributed by atoms with E-state index in [-0.39, 0.29) is 12.1 Å². The number of hydrogen-bond acceptors (Lipinski definition) is 2. The smallest absolute Gasteiger partial charge is 0.141 e. The highest BCUT2D eigenvalue weighted by atomic mass is 19.1. The Morgan fingerprint density at radius 2 is 2.12 bits per heavy atom. The van der Waals surface area contributed by atoms with Crippen molar-refractivity contribution in [3.63, 3.8) is 0 Å². The molecule has 1 saturated heterocycles. The number of nitrogens with two attached hydrogens (primary N) is 1. The summed E-state index contributed by atoms with van der Waals surface area (Å²) in [6.07, 6.45) is 1.13. The van der Waals surface area contributed by atoms with Crippen molar-refractivity contribution in [2.45, 2.75) is 38.0 Å². The van der Waals surface area contributed by atoms with Gasteiger partial charge in [-0.3, -0.25) is 0 Å². The molecule has 1 aliphatic rings. The van der Waals surface area contributed by atoms with Gasteiger partial charge in [0, 0.05) is 12.1 Å². The average Bonchev–Trinajstić information content (AvgIpc) is 2.74. The Balaban J connectivity index is 2.18. The maximum Gasteiger partial charge on any atom is 0.141 e. The molecule has 0 bridgehead atoms. The second kappa shape index (κ2) is 5.15. The fourth-order valence-electron chi connectivity index (χ4n) is 2.54. The minimum absolute atomic E-state index is 0.0262. The van der Waals surface area contributed by atoms with Gasteiger partial charge in [-0.2, -0.15) is 0 Å². The fourth-order valence-corrected chi connectivity index (χ4v) is 2.54. The van der Waals surface area contributed by atoms with Gasteiger partial charge in [-0.25, -0.2) is 4.39 Å². The quantitative estimate of drug-likeness (QED) is 0.874. The van der Waals surface area contributed by atoms with Gasteiger partial charge in [0.1, 0.15) is 6.17 Å². The summed E-state index contributed by atoms with van der Waals surface area (Å²) in [6.45, 7) is 2.92. The average molecular weight is 236 g/mol. The first kappa shape index (κ1) is 12.5. The normalized spacial score (nSPS) is 24.8. The Hall–Kier alpha value is -0.930. The van der Waals surface area contributed by atoms with Crippen molar-refractivity contribution in [1.29, 1.82) is 0 Å². The zero-order valence-corrected chi connectivity index (χ0v) is 10.6. The van der Waals surface area contributed by atoms with Gasteiger partial charge in [-0.15, -0.1) is 0 Å². The summed E-state index contributed by atoms with van der Waals surface area (Å²) in [5, 5.41) is 0. The van der Waals surface area contributed by atoms with Crippen LogP contribution in [-0.2, 0) is 0 Å². The lowest BCUT2D eigenvalue weighted by molar-refractivity contribution is 0.174. The van der Waals surface area contributed by atoms with Crippen LogP contribution in [0.25, 0.3) is 0 Å². The third-order valence-electron chi connectivity index (χ3n) is 3.67. The second-order valence-electron chi connectivity index (χ2n) is 5.05. The molecule has 3 unspecified atom stereocenters. The number of halogens is 1. The van der Waals surface area contributed by atoms with Crippen LogP contribution in [0.4, 0.5) is 4.39 Å². The highest BCUT2D eigenvalue weighted by Crippen LogP contribution is 2.32. The maximum atomic E-state index is 14.5. The van der Waals surface area contributed by atoms with Crippen molar-refractivity contribution in [2.75, 3.05) is 13.6 Å². The first-order chi connectivity index (χ1) is 8.09. The van der Waals surface area contributed by atoms with Crippen LogP contribution in [0, 0.1) is 0 Å². The lowest BCUT2D eigenvalue weighted by Gasteiger charge is -2.24. The first-order valence-electron chi connectivity index (χ1n) is 6.29. The van der Waals surface area contributed by atoms with Gasteiger partial charge in [0.2, 0.25) is 0 Å². The number of hydrogen-bond donors (Lipinski definition) is 1. The van der Waals surface area contributed by atoms with E-state index < -0.39 is 6.17 Å². The Bertz CT molecular complexity index is 378. The van der Waals surface area contributed by atoms with E-state index in [9.17, 15) is 4.39 Å². The SMILES string of the molecule is CC(N)c1cccc(C(F)C2CCCN2C)c1. The summed E-state index contributed by atoms with van der Waals surface area (Å²) < 4.78 is 14.5. The van der Waals surface area contributed by atoms with Crippen molar-refractivity contribution < 1.29 is 4.39 Å². The summed E-state index contributed by atoms with van der Waals surface area (Å²) in [7, 11) is 2.00. The molecule has 0 saturated carbocycles. The van der Waals surface area contributed by atoms with E-state index in [4.69, 9.17) is 5.73 Å². The van der Waals surface area contributed by atoms with Crippen LogP contribution in [0.3, 0.4) is 0 Å². The zero-order chi connectivity index (χ0) is 12.4. The van der Waals surface area contributed by atoms with E-state index in [2.05, 4.69) is 4.90 Å². The molecular formula is C14H21FN2. The Morgan fingerprint density at radius 3 is 2.71 bits per heavy atom. The van der Waals surface area contributed by atoms with Crippen molar-refractivity contribution in [3.05, 3.63) is 35.4 Å². The second-order valence-corrected chi connectivity index (χ2v) is 5.05. The molecule has 0 spiro atoms. The first-order valence-corrected chi connectivity index (χ1v) is 6.29.